The number of carbonyl (C=O) groups excluding carboxylic acids is 1. The smallest absolute Gasteiger partial charge is 0.251 e. The molecule has 0 saturated carbocycles. The average Bonchev–Trinajstić information content (AvgIpc) is 2.66. The lowest BCUT2D eigenvalue weighted by Crippen LogP contribution is -2.28. The highest BCUT2D eigenvalue weighted by Gasteiger charge is 2.07. The zero-order chi connectivity index (χ0) is 17.5. The predicted octanol–water partition coefficient (Wildman–Crippen LogP) is 4.92. The Balaban J connectivity index is 1.56. The molecule has 25 heavy (non-hydrogen) atoms. The van der Waals surface area contributed by atoms with Crippen LogP contribution in [-0.4, -0.2) is 19.1 Å². The minimum atomic E-state index is -0.104. The van der Waals surface area contributed by atoms with Gasteiger partial charge in [0.1, 0.15) is 12.4 Å². The van der Waals surface area contributed by atoms with Crippen molar-refractivity contribution in [2.24, 2.45) is 0 Å². The summed E-state index contributed by atoms with van der Waals surface area (Å²) in [7, 11) is 0. The molecule has 126 valence electrons. The second-order valence-corrected chi connectivity index (χ2v) is 6.39. The SMILES string of the molecule is O=C(NCCOc1ccccc1-c1ccccc1)c1ccc(Br)cc1. The van der Waals surface area contributed by atoms with Crippen LogP contribution in [0.25, 0.3) is 11.1 Å². The third kappa shape index (κ3) is 4.70. The number of hydrogen-bond donors (Lipinski definition) is 1. The van der Waals surface area contributed by atoms with Gasteiger partial charge in [0.25, 0.3) is 5.91 Å². The van der Waals surface area contributed by atoms with Gasteiger partial charge < -0.3 is 10.1 Å². The molecule has 1 amide bonds. The van der Waals surface area contributed by atoms with E-state index in [9.17, 15) is 4.79 Å². The summed E-state index contributed by atoms with van der Waals surface area (Å²) >= 11 is 3.36. The molecule has 0 heterocycles. The summed E-state index contributed by atoms with van der Waals surface area (Å²) in [5.74, 6) is 0.707. The number of benzene rings is 3. The van der Waals surface area contributed by atoms with Crippen LogP contribution >= 0.6 is 15.9 Å². The van der Waals surface area contributed by atoms with Crippen molar-refractivity contribution in [1.29, 1.82) is 0 Å². The lowest BCUT2D eigenvalue weighted by Gasteiger charge is -2.12. The first-order valence-corrected chi connectivity index (χ1v) is 8.84. The van der Waals surface area contributed by atoms with Gasteiger partial charge in [0.2, 0.25) is 0 Å². The maximum Gasteiger partial charge on any atom is 0.251 e. The van der Waals surface area contributed by atoms with Crippen LogP contribution < -0.4 is 10.1 Å². The molecule has 0 spiro atoms. The van der Waals surface area contributed by atoms with Gasteiger partial charge in [-0.1, -0.05) is 64.5 Å². The maximum absolute atomic E-state index is 12.1. The van der Waals surface area contributed by atoms with E-state index in [4.69, 9.17) is 4.74 Å². The summed E-state index contributed by atoms with van der Waals surface area (Å²) in [5.41, 5.74) is 2.78. The number of para-hydroxylation sites is 1. The Morgan fingerprint density at radius 2 is 1.56 bits per heavy atom. The van der Waals surface area contributed by atoms with Gasteiger partial charge >= 0.3 is 0 Å². The molecule has 1 N–H and O–H groups in total. The zero-order valence-electron chi connectivity index (χ0n) is 13.6. The highest BCUT2D eigenvalue weighted by Crippen LogP contribution is 2.29. The Bertz CT molecular complexity index is 832. The van der Waals surface area contributed by atoms with Crippen LogP contribution in [0.4, 0.5) is 0 Å². The number of halogens is 1. The van der Waals surface area contributed by atoms with E-state index in [1.807, 2.05) is 54.6 Å². The van der Waals surface area contributed by atoms with E-state index in [0.29, 0.717) is 18.7 Å². The van der Waals surface area contributed by atoms with Gasteiger partial charge in [0.15, 0.2) is 0 Å². The number of nitrogens with one attached hydrogen (secondary N) is 1. The van der Waals surface area contributed by atoms with Crippen LogP contribution in [0.5, 0.6) is 5.75 Å². The first-order valence-electron chi connectivity index (χ1n) is 8.05. The van der Waals surface area contributed by atoms with Gasteiger partial charge in [-0.3, -0.25) is 4.79 Å². The fourth-order valence-electron chi connectivity index (χ4n) is 2.48. The molecule has 0 aliphatic carbocycles. The largest absolute Gasteiger partial charge is 0.491 e. The van der Waals surface area contributed by atoms with Crippen molar-refractivity contribution in [2.45, 2.75) is 0 Å². The zero-order valence-corrected chi connectivity index (χ0v) is 15.2. The molecule has 0 aliphatic rings. The minimum absolute atomic E-state index is 0.104. The number of ether oxygens (including phenoxy) is 1. The standard InChI is InChI=1S/C21H18BrNO2/c22-18-12-10-17(11-13-18)21(24)23-14-15-25-20-9-5-4-8-19(20)16-6-2-1-3-7-16/h1-13H,14-15H2,(H,23,24). The third-order valence-electron chi connectivity index (χ3n) is 3.72. The molecule has 0 aliphatic heterocycles. The van der Waals surface area contributed by atoms with Gasteiger partial charge in [-0.05, 0) is 35.9 Å². The van der Waals surface area contributed by atoms with Crippen LogP contribution in [0.3, 0.4) is 0 Å². The van der Waals surface area contributed by atoms with E-state index in [2.05, 4.69) is 33.4 Å². The van der Waals surface area contributed by atoms with E-state index >= 15 is 0 Å². The summed E-state index contributed by atoms with van der Waals surface area (Å²) in [6.45, 7) is 0.851. The Kier molecular flexibility index (Phi) is 5.86. The van der Waals surface area contributed by atoms with Crippen molar-refractivity contribution < 1.29 is 9.53 Å². The van der Waals surface area contributed by atoms with Gasteiger partial charge in [0, 0.05) is 15.6 Å². The molecule has 0 saturated heterocycles. The molecule has 3 aromatic carbocycles. The topological polar surface area (TPSA) is 38.3 Å². The van der Waals surface area contributed by atoms with Gasteiger partial charge in [-0.2, -0.15) is 0 Å². The van der Waals surface area contributed by atoms with E-state index in [0.717, 1.165) is 21.3 Å². The highest BCUT2D eigenvalue weighted by atomic mass is 79.9. The molecule has 0 bridgehead atoms. The number of amides is 1. The quantitative estimate of drug-likeness (QED) is 0.601. The molecular formula is C21H18BrNO2. The first-order chi connectivity index (χ1) is 12.2. The molecule has 4 heteroatoms. The average molecular weight is 396 g/mol. The lowest BCUT2D eigenvalue weighted by molar-refractivity contribution is 0.0947. The minimum Gasteiger partial charge on any atom is -0.491 e. The van der Waals surface area contributed by atoms with E-state index in [1.54, 1.807) is 12.1 Å². The number of rotatable bonds is 6. The van der Waals surface area contributed by atoms with E-state index in [-0.39, 0.29) is 5.91 Å². The Morgan fingerprint density at radius 3 is 2.32 bits per heavy atom. The second-order valence-electron chi connectivity index (χ2n) is 5.47. The summed E-state index contributed by atoms with van der Waals surface area (Å²) in [5, 5.41) is 2.87. The molecule has 0 radical (unpaired) electrons. The van der Waals surface area contributed by atoms with Gasteiger partial charge in [-0.25, -0.2) is 0 Å². The normalized spacial score (nSPS) is 10.3. The molecule has 3 rings (SSSR count). The highest BCUT2D eigenvalue weighted by molar-refractivity contribution is 9.10. The van der Waals surface area contributed by atoms with Gasteiger partial charge in [-0.15, -0.1) is 0 Å². The predicted molar refractivity (Wildman–Crippen MR) is 104 cm³/mol. The summed E-state index contributed by atoms with van der Waals surface area (Å²) in [6.07, 6.45) is 0. The van der Waals surface area contributed by atoms with Crippen molar-refractivity contribution in [3.8, 4) is 16.9 Å². The summed E-state index contributed by atoms with van der Waals surface area (Å²) in [6, 6.07) is 25.3. The van der Waals surface area contributed by atoms with Crippen LogP contribution in [0.1, 0.15) is 10.4 Å². The van der Waals surface area contributed by atoms with Crippen molar-refractivity contribution in [3.05, 3.63) is 88.9 Å². The molecule has 3 aromatic rings. The fourth-order valence-corrected chi connectivity index (χ4v) is 2.74. The molecule has 3 nitrogen and oxygen atoms in total. The van der Waals surface area contributed by atoms with Crippen molar-refractivity contribution in [1.82, 2.24) is 5.32 Å². The Morgan fingerprint density at radius 1 is 0.880 bits per heavy atom. The monoisotopic (exact) mass is 395 g/mol. The number of carbonyl (C=O) groups is 1. The lowest BCUT2D eigenvalue weighted by atomic mass is 10.1. The van der Waals surface area contributed by atoms with Crippen LogP contribution in [0.2, 0.25) is 0 Å². The van der Waals surface area contributed by atoms with Gasteiger partial charge in [0.05, 0.1) is 6.54 Å². The Labute approximate surface area is 155 Å². The molecule has 0 aromatic heterocycles. The Hall–Kier alpha value is -2.59. The van der Waals surface area contributed by atoms with Crippen molar-refractivity contribution in [3.63, 3.8) is 0 Å². The summed E-state index contributed by atoms with van der Waals surface area (Å²) in [4.78, 5) is 12.1. The van der Waals surface area contributed by atoms with Crippen LogP contribution in [-0.2, 0) is 0 Å². The third-order valence-corrected chi connectivity index (χ3v) is 4.25. The van der Waals surface area contributed by atoms with E-state index in [1.165, 1.54) is 0 Å². The van der Waals surface area contributed by atoms with Crippen molar-refractivity contribution in [2.75, 3.05) is 13.2 Å². The van der Waals surface area contributed by atoms with Crippen molar-refractivity contribution >= 4 is 21.8 Å². The van der Waals surface area contributed by atoms with E-state index < -0.39 is 0 Å². The van der Waals surface area contributed by atoms with Crippen LogP contribution in [0, 0.1) is 0 Å². The summed E-state index contributed by atoms with van der Waals surface area (Å²) < 4.78 is 6.82. The van der Waals surface area contributed by atoms with Crippen LogP contribution in [0.15, 0.2) is 83.3 Å². The maximum atomic E-state index is 12.1. The number of hydrogen-bond acceptors (Lipinski definition) is 2. The molecule has 0 atom stereocenters. The molecular weight excluding hydrogens is 378 g/mol. The first kappa shape index (κ1) is 17.2. The molecule has 0 fully saturated rings. The second kappa shape index (κ2) is 8.49. The fraction of sp³-hybridized carbons (Fsp3) is 0.0952. The molecule has 0 unspecified atom stereocenters.